The highest BCUT2D eigenvalue weighted by atomic mass is 35.5. The van der Waals surface area contributed by atoms with Crippen molar-refractivity contribution >= 4 is 11.6 Å². The largest absolute Gasteiger partial charge is 0.484 e. The Kier molecular flexibility index (Phi) is 3.44. The minimum Gasteiger partial charge on any atom is -0.484 e. The first kappa shape index (κ1) is 10.7. The van der Waals surface area contributed by atoms with Gasteiger partial charge in [0.15, 0.2) is 11.6 Å². The lowest BCUT2D eigenvalue weighted by molar-refractivity contribution is 0.160. The van der Waals surface area contributed by atoms with Gasteiger partial charge in [-0.15, -0.1) is 0 Å². The number of halogens is 2. The van der Waals surface area contributed by atoms with Crippen molar-refractivity contribution < 1.29 is 9.13 Å². The van der Waals surface area contributed by atoms with Crippen molar-refractivity contribution in [2.45, 2.75) is 18.9 Å². The molecule has 0 aromatic heterocycles. The quantitative estimate of drug-likeness (QED) is 0.842. The van der Waals surface area contributed by atoms with Crippen LogP contribution < -0.4 is 10.1 Å². The van der Waals surface area contributed by atoms with Crippen LogP contribution >= 0.6 is 11.6 Å². The van der Waals surface area contributed by atoms with E-state index in [-0.39, 0.29) is 11.9 Å². The molecule has 1 atom stereocenters. The Bertz CT molecular complexity index is 319. The zero-order valence-corrected chi connectivity index (χ0v) is 9.06. The fourth-order valence-electron chi connectivity index (χ4n) is 1.68. The molecular weight excluding hydrogens is 217 g/mol. The third-order valence-electron chi connectivity index (χ3n) is 2.46. The molecule has 1 aliphatic rings. The van der Waals surface area contributed by atoms with Crippen LogP contribution in [0.25, 0.3) is 0 Å². The molecule has 2 rings (SSSR count). The Morgan fingerprint density at radius 2 is 2.33 bits per heavy atom. The summed E-state index contributed by atoms with van der Waals surface area (Å²) in [6.45, 7) is 1.76. The van der Waals surface area contributed by atoms with E-state index in [1.807, 2.05) is 0 Å². The summed E-state index contributed by atoms with van der Waals surface area (Å²) in [6, 6.07) is 4.57. The van der Waals surface area contributed by atoms with E-state index >= 15 is 0 Å². The molecule has 1 saturated heterocycles. The third kappa shape index (κ3) is 2.61. The van der Waals surface area contributed by atoms with Crippen LogP contribution in [0, 0.1) is 5.82 Å². The summed E-state index contributed by atoms with van der Waals surface area (Å²) in [5.74, 6) is -0.221. The fourth-order valence-corrected chi connectivity index (χ4v) is 1.89. The number of nitrogens with one attached hydrogen (secondary N) is 1. The van der Waals surface area contributed by atoms with Gasteiger partial charge in [-0.05, 0) is 31.5 Å². The number of ether oxygens (including phenoxy) is 1. The summed E-state index contributed by atoms with van der Waals surface area (Å²) in [7, 11) is 0. The van der Waals surface area contributed by atoms with Crippen LogP contribution in [0.4, 0.5) is 4.39 Å². The monoisotopic (exact) mass is 229 g/mol. The van der Waals surface area contributed by atoms with E-state index in [0.29, 0.717) is 5.02 Å². The lowest BCUT2D eigenvalue weighted by Crippen LogP contribution is -2.37. The molecule has 0 radical (unpaired) electrons. The molecule has 2 nitrogen and oxygen atoms in total. The summed E-state index contributed by atoms with van der Waals surface area (Å²) in [4.78, 5) is 0. The maximum absolute atomic E-state index is 13.4. The zero-order valence-electron chi connectivity index (χ0n) is 8.30. The highest BCUT2D eigenvalue weighted by molar-refractivity contribution is 6.32. The van der Waals surface area contributed by atoms with E-state index in [1.165, 1.54) is 6.07 Å². The van der Waals surface area contributed by atoms with Gasteiger partial charge in [-0.25, -0.2) is 4.39 Å². The molecule has 0 aliphatic carbocycles. The van der Waals surface area contributed by atoms with E-state index in [1.54, 1.807) is 12.1 Å². The van der Waals surface area contributed by atoms with Crippen molar-refractivity contribution in [2.75, 3.05) is 13.1 Å². The van der Waals surface area contributed by atoms with E-state index in [4.69, 9.17) is 16.3 Å². The summed E-state index contributed by atoms with van der Waals surface area (Å²) >= 11 is 5.86. The van der Waals surface area contributed by atoms with Crippen molar-refractivity contribution in [3.8, 4) is 5.75 Å². The number of para-hydroxylation sites is 1. The van der Waals surface area contributed by atoms with Crippen LogP contribution in [-0.2, 0) is 0 Å². The number of benzene rings is 1. The van der Waals surface area contributed by atoms with E-state index < -0.39 is 5.82 Å². The van der Waals surface area contributed by atoms with Crippen LogP contribution in [0.3, 0.4) is 0 Å². The molecule has 1 aromatic carbocycles. The van der Waals surface area contributed by atoms with Crippen molar-refractivity contribution in [1.29, 1.82) is 0 Å². The van der Waals surface area contributed by atoms with Gasteiger partial charge in [0.1, 0.15) is 6.10 Å². The molecule has 0 spiro atoms. The predicted molar refractivity (Wildman–Crippen MR) is 57.9 cm³/mol. The average Bonchev–Trinajstić information content (AvgIpc) is 2.25. The molecule has 1 unspecified atom stereocenters. The zero-order chi connectivity index (χ0) is 10.7. The summed E-state index contributed by atoms with van der Waals surface area (Å²) in [6.07, 6.45) is 2.02. The van der Waals surface area contributed by atoms with Crippen molar-refractivity contribution in [2.24, 2.45) is 0 Å². The van der Waals surface area contributed by atoms with Crippen molar-refractivity contribution in [3.63, 3.8) is 0 Å². The summed E-state index contributed by atoms with van der Waals surface area (Å²) in [5.41, 5.74) is 0. The lowest BCUT2D eigenvalue weighted by Gasteiger charge is -2.24. The Morgan fingerprint density at radius 1 is 1.47 bits per heavy atom. The molecule has 1 N–H and O–H groups in total. The Hall–Kier alpha value is -0.800. The number of hydrogen-bond donors (Lipinski definition) is 1. The van der Waals surface area contributed by atoms with Gasteiger partial charge in [-0.1, -0.05) is 17.7 Å². The van der Waals surface area contributed by atoms with Gasteiger partial charge in [0.05, 0.1) is 5.02 Å². The topological polar surface area (TPSA) is 21.3 Å². The summed E-state index contributed by atoms with van der Waals surface area (Å²) < 4.78 is 18.9. The highest BCUT2D eigenvalue weighted by Crippen LogP contribution is 2.28. The fraction of sp³-hybridized carbons (Fsp3) is 0.455. The van der Waals surface area contributed by atoms with Gasteiger partial charge in [0, 0.05) is 6.54 Å². The molecule has 15 heavy (non-hydrogen) atoms. The van der Waals surface area contributed by atoms with Gasteiger partial charge in [0.25, 0.3) is 0 Å². The van der Waals surface area contributed by atoms with E-state index in [0.717, 1.165) is 25.9 Å². The first-order valence-corrected chi connectivity index (χ1v) is 5.46. The van der Waals surface area contributed by atoms with E-state index in [9.17, 15) is 4.39 Å². The number of piperidine rings is 1. The smallest absolute Gasteiger partial charge is 0.173 e. The van der Waals surface area contributed by atoms with Crippen LogP contribution in [-0.4, -0.2) is 19.2 Å². The van der Waals surface area contributed by atoms with E-state index in [2.05, 4.69) is 5.32 Å². The Balaban J connectivity index is 2.09. The standard InChI is InChI=1S/C11H13ClFNO/c12-9-4-1-5-10(13)11(9)15-8-3-2-6-14-7-8/h1,4-5,8,14H,2-3,6-7H2. The predicted octanol–water partition coefficient (Wildman–Crippen LogP) is 2.61. The molecule has 0 bridgehead atoms. The molecule has 1 heterocycles. The second kappa shape index (κ2) is 4.81. The van der Waals surface area contributed by atoms with Crippen LogP contribution in [0.2, 0.25) is 5.02 Å². The lowest BCUT2D eigenvalue weighted by atomic mass is 10.1. The second-order valence-electron chi connectivity index (χ2n) is 3.64. The third-order valence-corrected chi connectivity index (χ3v) is 2.75. The minimum atomic E-state index is -0.395. The minimum absolute atomic E-state index is 0.0214. The second-order valence-corrected chi connectivity index (χ2v) is 4.04. The molecule has 82 valence electrons. The molecule has 1 fully saturated rings. The maximum Gasteiger partial charge on any atom is 0.173 e. The molecular formula is C11H13ClFNO. The molecule has 4 heteroatoms. The molecule has 0 amide bonds. The molecule has 1 aromatic rings. The van der Waals surface area contributed by atoms with Gasteiger partial charge in [-0.3, -0.25) is 0 Å². The average molecular weight is 230 g/mol. The van der Waals surface area contributed by atoms with Crippen LogP contribution in [0.5, 0.6) is 5.75 Å². The SMILES string of the molecule is Fc1cccc(Cl)c1OC1CCCNC1. The number of hydrogen-bond acceptors (Lipinski definition) is 2. The van der Waals surface area contributed by atoms with Gasteiger partial charge in [0.2, 0.25) is 0 Å². The van der Waals surface area contributed by atoms with Gasteiger partial charge < -0.3 is 10.1 Å². The summed E-state index contributed by atoms with van der Waals surface area (Å²) in [5, 5.41) is 3.54. The van der Waals surface area contributed by atoms with Gasteiger partial charge in [-0.2, -0.15) is 0 Å². The van der Waals surface area contributed by atoms with Crippen molar-refractivity contribution in [1.82, 2.24) is 5.32 Å². The van der Waals surface area contributed by atoms with Crippen LogP contribution in [0.1, 0.15) is 12.8 Å². The normalized spacial score (nSPS) is 21.3. The Morgan fingerprint density at radius 3 is 3.00 bits per heavy atom. The van der Waals surface area contributed by atoms with Crippen LogP contribution in [0.15, 0.2) is 18.2 Å². The first-order valence-electron chi connectivity index (χ1n) is 5.09. The van der Waals surface area contributed by atoms with Crippen molar-refractivity contribution in [3.05, 3.63) is 29.0 Å². The first-order chi connectivity index (χ1) is 7.27. The molecule has 1 aliphatic heterocycles. The Labute approximate surface area is 93.4 Å². The number of rotatable bonds is 2. The molecule has 0 saturated carbocycles. The maximum atomic E-state index is 13.4. The van der Waals surface area contributed by atoms with Gasteiger partial charge >= 0.3 is 0 Å². The highest BCUT2D eigenvalue weighted by Gasteiger charge is 2.17.